The van der Waals surface area contributed by atoms with Crippen molar-refractivity contribution >= 4 is 22.4 Å². The number of aryl methyl sites for hydroxylation is 1. The lowest BCUT2D eigenvalue weighted by Crippen LogP contribution is -2.45. The minimum atomic E-state index is -0.336. The molecule has 3 aromatic rings. The van der Waals surface area contributed by atoms with Gasteiger partial charge in [0.1, 0.15) is 0 Å². The van der Waals surface area contributed by atoms with Crippen molar-refractivity contribution in [2.24, 2.45) is 0 Å². The molecule has 162 valence electrons. The van der Waals surface area contributed by atoms with Crippen molar-refractivity contribution in [1.29, 1.82) is 0 Å². The van der Waals surface area contributed by atoms with Gasteiger partial charge < -0.3 is 15.1 Å². The minimum Gasteiger partial charge on any atom is -0.369 e. The van der Waals surface area contributed by atoms with Gasteiger partial charge >= 0.3 is 0 Å². The number of carbonyl (C=O) groups excluding carboxylic acids is 1. The molecule has 0 saturated carbocycles. The van der Waals surface area contributed by atoms with Crippen LogP contribution in [0.25, 0.3) is 10.8 Å². The topological polar surface area (TPSA) is 90.4 Å². The molecule has 4 rings (SSSR count). The summed E-state index contributed by atoms with van der Waals surface area (Å²) in [5.41, 5.74) is 1.57. The van der Waals surface area contributed by atoms with Crippen LogP contribution in [0.3, 0.4) is 0 Å². The number of H-pyrrole nitrogens is 1. The van der Waals surface area contributed by atoms with E-state index in [1.165, 1.54) is 4.68 Å². The van der Waals surface area contributed by atoms with E-state index in [9.17, 15) is 14.4 Å². The molecule has 1 fully saturated rings. The highest BCUT2D eigenvalue weighted by Crippen LogP contribution is 2.21. The molecule has 31 heavy (non-hydrogen) atoms. The van der Waals surface area contributed by atoms with Crippen molar-refractivity contribution in [3.05, 3.63) is 74.8 Å². The van der Waals surface area contributed by atoms with Crippen LogP contribution in [0.15, 0.2) is 58.1 Å². The first-order valence-corrected chi connectivity index (χ1v) is 10.5. The van der Waals surface area contributed by atoms with Crippen LogP contribution in [-0.4, -0.2) is 53.8 Å². The number of nitrogens with one attached hydrogen (secondary N) is 2. The van der Waals surface area contributed by atoms with E-state index in [0.717, 1.165) is 37.4 Å². The number of hydrogen-bond donors (Lipinski definition) is 2. The highest BCUT2D eigenvalue weighted by molar-refractivity contribution is 5.80. The van der Waals surface area contributed by atoms with E-state index in [1.807, 2.05) is 18.2 Å². The Morgan fingerprint density at radius 1 is 0.968 bits per heavy atom. The summed E-state index contributed by atoms with van der Waals surface area (Å²) in [5.74, 6) is -0.172. The van der Waals surface area contributed by atoms with Crippen molar-refractivity contribution in [3.63, 3.8) is 0 Å². The maximum Gasteiger partial charge on any atom is 0.273 e. The monoisotopic (exact) mass is 421 g/mol. The molecular formula is C23H27N5O3. The standard InChI is InChI=1S/C23H27N5O3/c1-26-12-14-27(15-13-26)20-9-5-2-6-17(20)16-24-21(29)10-11-28-23(31)19-8-4-3-7-18(19)22(30)25-28/h2-9H,10-16H2,1H3,(H,24,29)(H,25,30). The summed E-state index contributed by atoms with van der Waals surface area (Å²) in [6.07, 6.45) is 0.102. The number of fused-ring (bicyclic) bond motifs is 1. The summed E-state index contributed by atoms with van der Waals surface area (Å²) in [5, 5.41) is 6.22. The SMILES string of the molecule is CN1CCN(c2ccccc2CNC(=O)CCn2[nH]c(=O)c3ccccc3c2=O)CC1. The highest BCUT2D eigenvalue weighted by Gasteiger charge is 2.17. The number of anilines is 1. The van der Waals surface area contributed by atoms with Crippen molar-refractivity contribution in [2.45, 2.75) is 19.5 Å². The third kappa shape index (κ3) is 4.69. The van der Waals surface area contributed by atoms with Gasteiger partial charge in [0, 0.05) is 44.8 Å². The van der Waals surface area contributed by atoms with E-state index in [4.69, 9.17) is 0 Å². The second-order valence-corrected chi connectivity index (χ2v) is 7.89. The van der Waals surface area contributed by atoms with Gasteiger partial charge in [-0.05, 0) is 30.8 Å². The number of benzene rings is 2. The van der Waals surface area contributed by atoms with E-state index in [1.54, 1.807) is 24.3 Å². The lowest BCUT2D eigenvalue weighted by Gasteiger charge is -2.35. The van der Waals surface area contributed by atoms with Crippen LogP contribution >= 0.6 is 0 Å². The number of amides is 1. The number of piperazine rings is 1. The molecule has 0 unspecified atom stereocenters. The lowest BCUT2D eigenvalue weighted by molar-refractivity contribution is -0.121. The summed E-state index contributed by atoms with van der Waals surface area (Å²) < 4.78 is 1.21. The first-order valence-electron chi connectivity index (χ1n) is 10.5. The molecule has 0 radical (unpaired) electrons. The Balaban J connectivity index is 1.39. The third-order valence-corrected chi connectivity index (χ3v) is 5.76. The van der Waals surface area contributed by atoms with Crippen molar-refractivity contribution in [1.82, 2.24) is 20.0 Å². The average molecular weight is 422 g/mol. The maximum atomic E-state index is 12.6. The Bertz CT molecular complexity index is 1190. The molecule has 0 spiro atoms. The number of nitrogens with zero attached hydrogens (tertiary/aromatic N) is 3. The fraction of sp³-hybridized carbons (Fsp3) is 0.348. The molecule has 0 bridgehead atoms. The van der Waals surface area contributed by atoms with Crippen molar-refractivity contribution < 1.29 is 4.79 Å². The zero-order chi connectivity index (χ0) is 21.8. The van der Waals surface area contributed by atoms with Gasteiger partial charge in [0.15, 0.2) is 0 Å². The van der Waals surface area contributed by atoms with E-state index in [2.05, 4.69) is 33.3 Å². The Labute approximate surface area is 180 Å². The second-order valence-electron chi connectivity index (χ2n) is 7.89. The van der Waals surface area contributed by atoms with Crippen molar-refractivity contribution in [3.8, 4) is 0 Å². The van der Waals surface area contributed by atoms with Gasteiger partial charge in [-0.1, -0.05) is 30.3 Å². The van der Waals surface area contributed by atoms with Gasteiger partial charge in [0.25, 0.3) is 11.1 Å². The second kappa shape index (κ2) is 9.18. The molecule has 2 heterocycles. The molecule has 1 amide bonds. The predicted molar refractivity (Wildman–Crippen MR) is 121 cm³/mol. The summed E-state index contributed by atoms with van der Waals surface area (Å²) in [7, 11) is 2.12. The molecule has 1 aliphatic heterocycles. The normalized spacial score (nSPS) is 14.7. The van der Waals surface area contributed by atoms with Gasteiger partial charge in [-0.2, -0.15) is 0 Å². The van der Waals surface area contributed by atoms with Crippen molar-refractivity contribution in [2.75, 3.05) is 38.1 Å². The summed E-state index contributed by atoms with van der Waals surface area (Å²) in [6, 6.07) is 14.8. The van der Waals surface area contributed by atoms with Crippen LogP contribution in [0.2, 0.25) is 0 Å². The zero-order valence-electron chi connectivity index (χ0n) is 17.6. The fourth-order valence-electron chi connectivity index (χ4n) is 3.92. The molecule has 1 saturated heterocycles. The molecule has 8 nitrogen and oxygen atoms in total. The Hall–Kier alpha value is -3.39. The molecule has 1 aromatic heterocycles. The molecule has 0 aliphatic carbocycles. The summed E-state index contributed by atoms with van der Waals surface area (Å²) in [4.78, 5) is 41.9. The van der Waals surface area contributed by atoms with Gasteiger partial charge in [0.2, 0.25) is 5.91 Å². The number of aromatic nitrogens is 2. The lowest BCUT2D eigenvalue weighted by atomic mass is 10.1. The molecule has 8 heteroatoms. The van der Waals surface area contributed by atoms with Gasteiger partial charge in [-0.3, -0.25) is 19.5 Å². The van der Waals surface area contributed by atoms with Gasteiger partial charge in [0.05, 0.1) is 17.3 Å². The largest absolute Gasteiger partial charge is 0.369 e. The van der Waals surface area contributed by atoms with Crippen LogP contribution in [0.4, 0.5) is 5.69 Å². The molecular weight excluding hydrogens is 394 g/mol. The predicted octanol–water partition coefficient (Wildman–Crippen LogP) is 1.15. The summed E-state index contributed by atoms with van der Waals surface area (Å²) in [6.45, 7) is 4.48. The van der Waals surface area contributed by atoms with E-state index >= 15 is 0 Å². The van der Waals surface area contributed by atoms with Crippen LogP contribution in [0.5, 0.6) is 0 Å². The highest BCUT2D eigenvalue weighted by atomic mass is 16.2. The number of likely N-dealkylation sites (N-methyl/N-ethyl adjacent to an activating group) is 1. The number of rotatable bonds is 6. The smallest absolute Gasteiger partial charge is 0.273 e. The average Bonchev–Trinajstić information content (AvgIpc) is 2.80. The van der Waals surface area contributed by atoms with E-state index in [0.29, 0.717) is 17.3 Å². The third-order valence-electron chi connectivity index (χ3n) is 5.76. The van der Waals surface area contributed by atoms with Crippen LogP contribution in [-0.2, 0) is 17.9 Å². The zero-order valence-corrected chi connectivity index (χ0v) is 17.6. The molecule has 1 aliphatic rings. The fourth-order valence-corrected chi connectivity index (χ4v) is 3.92. The minimum absolute atomic E-state index is 0.102. The summed E-state index contributed by atoms with van der Waals surface area (Å²) >= 11 is 0. The van der Waals surface area contributed by atoms with Crippen LogP contribution in [0.1, 0.15) is 12.0 Å². The number of hydrogen-bond acceptors (Lipinski definition) is 5. The van der Waals surface area contributed by atoms with E-state index in [-0.39, 0.29) is 30.0 Å². The number of aromatic amines is 1. The number of para-hydroxylation sites is 1. The quantitative estimate of drug-likeness (QED) is 0.623. The Morgan fingerprint density at radius 3 is 2.42 bits per heavy atom. The first kappa shape index (κ1) is 20.9. The molecule has 2 N–H and O–H groups in total. The number of carbonyl (C=O) groups is 1. The van der Waals surface area contributed by atoms with E-state index < -0.39 is 0 Å². The van der Waals surface area contributed by atoms with Crippen LogP contribution in [0, 0.1) is 0 Å². The molecule has 0 atom stereocenters. The Kier molecular flexibility index (Phi) is 6.18. The first-order chi connectivity index (χ1) is 15.0. The molecule has 2 aromatic carbocycles. The maximum absolute atomic E-state index is 12.6. The van der Waals surface area contributed by atoms with Gasteiger partial charge in [-0.15, -0.1) is 0 Å². The Morgan fingerprint density at radius 2 is 1.65 bits per heavy atom. The van der Waals surface area contributed by atoms with Gasteiger partial charge in [-0.25, -0.2) is 4.68 Å². The van der Waals surface area contributed by atoms with Crippen LogP contribution < -0.4 is 21.3 Å².